The molecule has 0 aliphatic carbocycles. The van der Waals surface area contributed by atoms with Crippen LogP contribution in [0.5, 0.6) is 0 Å². The van der Waals surface area contributed by atoms with Gasteiger partial charge in [-0.15, -0.1) is 0 Å². The molecule has 0 amide bonds. The quantitative estimate of drug-likeness (QED) is 0.277. The zero-order valence-corrected chi connectivity index (χ0v) is 17.8. The van der Waals surface area contributed by atoms with Crippen molar-refractivity contribution in [1.29, 1.82) is 0 Å². The predicted octanol–water partition coefficient (Wildman–Crippen LogP) is 3.12. The van der Waals surface area contributed by atoms with E-state index in [0.29, 0.717) is 18.7 Å². The van der Waals surface area contributed by atoms with E-state index in [4.69, 9.17) is 4.74 Å². The molecule has 0 unspecified atom stereocenters. The highest BCUT2D eigenvalue weighted by atomic mass is 32.2. The molecule has 0 radical (unpaired) electrons. The first kappa shape index (κ1) is 22.6. The van der Waals surface area contributed by atoms with Gasteiger partial charge >= 0.3 is 5.97 Å². The number of nitro benzene ring substituents is 1. The predicted molar refractivity (Wildman–Crippen MR) is 111 cm³/mol. The first-order chi connectivity index (χ1) is 14.7. The van der Waals surface area contributed by atoms with Crippen LogP contribution >= 0.6 is 0 Å². The Labute approximate surface area is 179 Å². The number of aryl methyl sites for hydroxylation is 1. The van der Waals surface area contributed by atoms with Crippen LogP contribution in [0.2, 0.25) is 0 Å². The van der Waals surface area contributed by atoms with E-state index in [1.165, 1.54) is 53.7 Å². The SMILES string of the molecule is Cc1cc(C(=O)OCC(=O)c2ccc(S(=O)(=O)N3CCCCC3)cc2)ccc1[N+](=O)[O-]. The first-order valence-electron chi connectivity index (χ1n) is 9.76. The van der Waals surface area contributed by atoms with E-state index < -0.39 is 33.3 Å². The van der Waals surface area contributed by atoms with Crippen LogP contribution < -0.4 is 0 Å². The summed E-state index contributed by atoms with van der Waals surface area (Å²) >= 11 is 0. The van der Waals surface area contributed by atoms with Gasteiger partial charge in [-0.25, -0.2) is 13.2 Å². The van der Waals surface area contributed by atoms with E-state index in [0.717, 1.165) is 19.3 Å². The molecule has 164 valence electrons. The van der Waals surface area contributed by atoms with Gasteiger partial charge in [0.15, 0.2) is 12.4 Å². The Balaban J connectivity index is 1.62. The van der Waals surface area contributed by atoms with Crippen molar-refractivity contribution in [2.45, 2.75) is 31.1 Å². The lowest BCUT2D eigenvalue weighted by molar-refractivity contribution is -0.385. The van der Waals surface area contributed by atoms with Crippen LogP contribution in [0.3, 0.4) is 0 Å². The van der Waals surface area contributed by atoms with Gasteiger partial charge in [-0.2, -0.15) is 4.31 Å². The van der Waals surface area contributed by atoms with Crippen LogP contribution in [0, 0.1) is 17.0 Å². The molecule has 1 fully saturated rings. The van der Waals surface area contributed by atoms with Crippen LogP contribution in [0.4, 0.5) is 5.69 Å². The second-order valence-electron chi connectivity index (χ2n) is 7.25. The number of esters is 1. The molecule has 0 saturated carbocycles. The largest absolute Gasteiger partial charge is 0.454 e. The first-order valence-corrected chi connectivity index (χ1v) is 11.2. The summed E-state index contributed by atoms with van der Waals surface area (Å²) < 4.78 is 31.8. The van der Waals surface area contributed by atoms with Crippen LogP contribution in [-0.2, 0) is 14.8 Å². The van der Waals surface area contributed by atoms with Crippen molar-refractivity contribution in [2.75, 3.05) is 19.7 Å². The van der Waals surface area contributed by atoms with Gasteiger partial charge in [-0.1, -0.05) is 6.42 Å². The number of benzene rings is 2. The summed E-state index contributed by atoms with van der Waals surface area (Å²) in [5.74, 6) is -1.27. The Morgan fingerprint density at radius 2 is 1.65 bits per heavy atom. The maximum Gasteiger partial charge on any atom is 0.338 e. The number of ketones is 1. The lowest BCUT2D eigenvalue weighted by atomic mass is 10.1. The fourth-order valence-corrected chi connectivity index (χ4v) is 4.87. The highest BCUT2D eigenvalue weighted by Crippen LogP contribution is 2.22. The molecule has 1 aliphatic heterocycles. The number of carbonyl (C=O) groups is 2. The summed E-state index contributed by atoms with van der Waals surface area (Å²) in [5, 5.41) is 10.9. The van der Waals surface area contributed by atoms with Crippen LogP contribution in [0.25, 0.3) is 0 Å². The minimum Gasteiger partial charge on any atom is -0.454 e. The van der Waals surface area contributed by atoms with Crippen molar-refractivity contribution in [2.24, 2.45) is 0 Å². The third kappa shape index (κ3) is 5.15. The molecule has 1 saturated heterocycles. The van der Waals surface area contributed by atoms with Gasteiger partial charge in [0, 0.05) is 30.3 Å². The molecule has 0 atom stereocenters. The number of sulfonamides is 1. The number of nitrogens with zero attached hydrogens (tertiary/aromatic N) is 2. The van der Waals surface area contributed by atoms with Gasteiger partial charge in [0.05, 0.1) is 15.4 Å². The zero-order valence-electron chi connectivity index (χ0n) is 16.9. The van der Waals surface area contributed by atoms with Gasteiger partial charge in [-0.3, -0.25) is 14.9 Å². The normalized spacial score (nSPS) is 14.7. The smallest absolute Gasteiger partial charge is 0.338 e. The summed E-state index contributed by atoms with van der Waals surface area (Å²) in [6.45, 7) is 1.94. The van der Waals surface area contributed by atoms with E-state index >= 15 is 0 Å². The minimum atomic E-state index is -3.59. The summed E-state index contributed by atoms with van der Waals surface area (Å²) in [7, 11) is -3.59. The number of Topliss-reactive ketones (excluding diaryl/α,β-unsaturated/α-hetero) is 1. The fraction of sp³-hybridized carbons (Fsp3) is 0.333. The standard InChI is InChI=1S/C21H22N2O7S/c1-15-13-17(7-10-19(15)23(26)27)21(25)30-14-20(24)16-5-8-18(9-6-16)31(28,29)22-11-3-2-4-12-22/h5-10,13H,2-4,11-12,14H2,1H3. The van der Waals surface area contributed by atoms with Gasteiger partial charge in [0.25, 0.3) is 5.69 Å². The van der Waals surface area contributed by atoms with Crippen molar-refractivity contribution >= 4 is 27.5 Å². The Morgan fingerprint density at radius 1 is 1.03 bits per heavy atom. The number of piperidine rings is 1. The molecule has 0 N–H and O–H groups in total. The molecule has 1 heterocycles. The molecule has 0 spiro atoms. The summed E-state index contributed by atoms with van der Waals surface area (Å²) in [6, 6.07) is 9.32. The number of nitro groups is 1. The zero-order chi connectivity index (χ0) is 22.6. The number of rotatable bonds is 7. The van der Waals surface area contributed by atoms with Gasteiger partial charge in [-0.05, 0) is 56.2 Å². The van der Waals surface area contributed by atoms with E-state index in [1.54, 1.807) is 0 Å². The highest BCUT2D eigenvalue weighted by Gasteiger charge is 2.26. The van der Waals surface area contributed by atoms with Crippen molar-refractivity contribution in [3.8, 4) is 0 Å². The summed E-state index contributed by atoms with van der Waals surface area (Å²) in [4.78, 5) is 34.9. The molecular weight excluding hydrogens is 424 g/mol. The lowest BCUT2D eigenvalue weighted by Crippen LogP contribution is -2.35. The fourth-order valence-electron chi connectivity index (χ4n) is 3.35. The van der Waals surface area contributed by atoms with E-state index in [1.807, 2.05) is 0 Å². The van der Waals surface area contributed by atoms with Gasteiger partial charge in [0.2, 0.25) is 10.0 Å². The van der Waals surface area contributed by atoms with E-state index in [9.17, 15) is 28.1 Å². The van der Waals surface area contributed by atoms with E-state index in [-0.39, 0.29) is 21.7 Å². The maximum atomic E-state index is 12.7. The molecule has 9 nitrogen and oxygen atoms in total. The minimum absolute atomic E-state index is 0.0962. The third-order valence-corrected chi connectivity index (χ3v) is 7.01. The molecule has 10 heteroatoms. The van der Waals surface area contributed by atoms with Gasteiger partial charge in [0.1, 0.15) is 0 Å². The van der Waals surface area contributed by atoms with Crippen molar-refractivity contribution in [1.82, 2.24) is 4.31 Å². The Morgan fingerprint density at radius 3 is 2.23 bits per heavy atom. The Kier molecular flexibility index (Phi) is 6.81. The molecule has 31 heavy (non-hydrogen) atoms. The lowest BCUT2D eigenvalue weighted by Gasteiger charge is -2.25. The van der Waals surface area contributed by atoms with Crippen LogP contribution in [0.15, 0.2) is 47.4 Å². The molecular formula is C21H22N2O7S. The van der Waals surface area contributed by atoms with Crippen molar-refractivity contribution < 1.29 is 27.7 Å². The Bertz CT molecular complexity index is 1110. The van der Waals surface area contributed by atoms with Crippen LogP contribution in [-0.4, -0.2) is 49.1 Å². The molecule has 1 aliphatic rings. The molecule has 0 bridgehead atoms. The maximum absolute atomic E-state index is 12.7. The second kappa shape index (κ2) is 9.36. The number of carbonyl (C=O) groups excluding carboxylic acids is 2. The number of hydrogen-bond acceptors (Lipinski definition) is 7. The summed E-state index contributed by atoms with van der Waals surface area (Å²) in [6.07, 6.45) is 2.67. The Hall–Kier alpha value is -3.11. The average molecular weight is 446 g/mol. The number of ether oxygens (including phenoxy) is 1. The molecule has 2 aromatic rings. The third-order valence-electron chi connectivity index (χ3n) is 5.09. The van der Waals surface area contributed by atoms with Crippen molar-refractivity contribution in [3.05, 3.63) is 69.3 Å². The molecule has 2 aromatic carbocycles. The highest BCUT2D eigenvalue weighted by molar-refractivity contribution is 7.89. The van der Waals surface area contributed by atoms with Crippen LogP contribution in [0.1, 0.15) is 45.5 Å². The molecule has 3 rings (SSSR count). The van der Waals surface area contributed by atoms with Gasteiger partial charge < -0.3 is 4.74 Å². The second-order valence-corrected chi connectivity index (χ2v) is 9.18. The monoisotopic (exact) mass is 446 g/mol. The topological polar surface area (TPSA) is 124 Å². The number of hydrogen-bond donors (Lipinski definition) is 0. The average Bonchev–Trinajstić information content (AvgIpc) is 2.77. The van der Waals surface area contributed by atoms with Crippen molar-refractivity contribution in [3.63, 3.8) is 0 Å². The molecule has 0 aromatic heterocycles. The summed E-state index contributed by atoms with van der Waals surface area (Å²) in [5.41, 5.74) is 0.493. The van der Waals surface area contributed by atoms with E-state index in [2.05, 4.69) is 0 Å².